The lowest BCUT2D eigenvalue weighted by molar-refractivity contribution is 0.0697. The molecule has 3 N–H and O–H groups in total. The first-order valence-electron chi connectivity index (χ1n) is 6.44. The van der Waals surface area contributed by atoms with E-state index >= 15 is 0 Å². The molecule has 2 aromatic heterocycles. The summed E-state index contributed by atoms with van der Waals surface area (Å²) in [5.41, 5.74) is 0.190. The number of nitrogens with zero attached hydrogens (tertiary/aromatic N) is 3. The lowest BCUT2D eigenvalue weighted by Crippen LogP contribution is -2.36. The molecule has 120 valence electrons. The van der Waals surface area contributed by atoms with E-state index in [0.29, 0.717) is 11.2 Å². The highest BCUT2D eigenvalue weighted by atomic mass is 16.4. The van der Waals surface area contributed by atoms with E-state index in [1.807, 2.05) is 0 Å². The van der Waals surface area contributed by atoms with Crippen LogP contribution in [0.3, 0.4) is 0 Å². The Morgan fingerprint density at radius 3 is 2.30 bits per heavy atom. The minimum Gasteiger partial charge on any atom is -0.508 e. The molecule has 0 atom stereocenters. The van der Waals surface area contributed by atoms with Crippen LogP contribution in [-0.2, 0) is 14.1 Å². The minimum absolute atomic E-state index is 0.0741. The van der Waals surface area contributed by atoms with Crippen molar-refractivity contribution >= 4 is 17.1 Å². The number of carboxylic acid groups (broad SMARTS) is 1. The number of nitrogens with one attached hydrogen (secondary N) is 1. The largest absolute Gasteiger partial charge is 0.508 e. The summed E-state index contributed by atoms with van der Waals surface area (Å²) in [4.78, 5) is 39.6. The number of hydrogen-bond donors (Lipinski definition) is 3. The van der Waals surface area contributed by atoms with Crippen LogP contribution in [0, 0.1) is 0 Å². The quantitative estimate of drug-likeness (QED) is 0.581. The number of benzene rings is 1. The van der Waals surface area contributed by atoms with E-state index in [1.54, 1.807) is 7.05 Å². The molecule has 2 heterocycles. The predicted octanol–water partition coefficient (Wildman–Crippen LogP) is 0.0507. The van der Waals surface area contributed by atoms with Gasteiger partial charge in [-0.2, -0.15) is 0 Å². The first-order valence-corrected chi connectivity index (χ1v) is 6.44. The van der Waals surface area contributed by atoms with Crippen molar-refractivity contribution in [2.24, 2.45) is 14.1 Å². The molecule has 0 aliphatic heterocycles. The molecule has 0 radical (unpaired) electrons. The molecule has 0 amide bonds. The van der Waals surface area contributed by atoms with Crippen LogP contribution in [0.5, 0.6) is 5.75 Å². The second-order valence-corrected chi connectivity index (χ2v) is 4.66. The van der Waals surface area contributed by atoms with Crippen LogP contribution in [-0.4, -0.2) is 35.3 Å². The van der Waals surface area contributed by atoms with Gasteiger partial charge < -0.3 is 15.2 Å². The normalized spacial score (nSPS) is 10.2. The summed E-state index contributed by atoms with van der Waals surface area (Å²) < 4.78 is 2.37. The van der Waals surface area contributed by atoms with Gasteiger partial charge in [0.05, 0.1) is 11.9 Å². The number of aromatic nitrogens is 4. The smallest absolute Gasteiger partial charge is 0.335 e. The Labute approximate surface area is 129 Å². The second kappa shape index (κ2) is 6.18. The highest BCUT2D eigenvalue weighted by molar-refractivity contribution is 5.87. The molecule has 0 spiro atoms. The fourth-order valence-corrected chi connectivity index (χ4v) is 1.87. The summed E-state index contributed by atoms with van der Waals surface area (Å²) in [5.74, 6) is -0.912. The highest BCUT2D eigenvalue weighted by Gasteiger charge is 2.08. The first kappa shape index (κ1) is 16.0. The summed E-state index contributed by atoms with van der Waals surface area (Å²) in [6.07, 6.45) is 1.39. The van der Waals surface area contributed by atoms with Crippen molar-refractivity contribution in [3.05, 3.63) is 57.0 Å². The maximum atomic E-state index is 11.4. The van der Waals surface area contributed by atoms with Crippen molar-refractivity contribution in [1.29, 1.82) is 0 Å². The van der Waals surface area contributed by atoms with Gasteiger partial charge in [-0.15, -0.1) is 0 Å². The van der Waals surface area contributed by atoms with E-state index in [-0.39, 0.29) is 22.6 Å². The summed E-state index contributed by atoms with van der Waals surface area (Å²) in [6.45, 7) is 0. The summed E-state index contributed by atoms with van der Waals surface area (Å²) >= 11 is 0. The Morgan fingerprint density at radius 2 is 1.74 bits per heavy atom. The third-order valence-corrected chi connectivity index (χ3v) is 3.14. The SMILES string of the molecule is Cn1c(=O)c2[nH]cnc2n(C)c1=O.O=C(O)c1ccc(O)cc1. The summed E-state index contributed by atoms with van der Waals surface area (Å²) in [5, 5.41) is 17.1. The number of aromatic carboxylic acids is 1. The van der Waals surface area contributed by atoms with Crippen LogP contribution in [0.15, 0.2) is 40.2 Å². The highest BCUT2D eigenvalue weighted by Crippen LogP contribution is 2.08. The molecular weight excluding hydrogens is 304 g/mol. The average molecular weight is 318 g/mol. The molecule has 3 aromatic rings. The van der Waals surface area contributed by atoms with Crippen molar-refractivity contribution in [3.8, 4) is 5.75 Å². The molecule has 0 aliphatic rings. The van der Waals surface area contributed by atoms with Crippen LogP contribution < -0.4 is 11.2 Å². The fraction of sp³-hybridized carbons (Fsp3) is 0.143. The Bertz CT molecular complexity index is 965. The molecule has 0 bridgehead atoms. The lowest BCUT2D eigenvalue weighted by Gasteiger charge is -2.00. The molecule has 1 aromatic carbocycles. The van der Waals surface area contributed by atoms with Crippen LogP contribution >= 0.6 is 0 Å². The zero-order valence-corrected chi connectivity index (χ0v) is 12.3. The standard InChI is InChI=1S/C7H8N4O2.C7H6O3/c1-10-5-4(8-3-9-5)6(12)11(2)7(10)13;8-6-3-1-5(2-4-6)7(9)10/h3H,1-2H3,(H,8,9);1-4,8H,(H,9,10). The number of aromatic hydroxyl groups is 1. The number of imidazole rings is 1. The molecule has 3 rings (SSSR count). The van der Waals surface area contributed by atoms with Gasteiger partial charge in [0.1, 0.15) is 11.3 Å². The van der Waals surface area contributed by atoms with E-state index in [2.05, 4.69) is 9.97 Å². The predicted molar refractivity (Wildman–Crippen MR) is 81.6 cm³/mol. The van der Waals surface area contributed by atoms with Gasteiger partial charge in [-0.3, -0.25) is 13.9 Å². The number of H-pyrrole nitrogens is 1. The summed E-state index contributed by atoms with van der Waals surface area (Å²) in [6, 6.07) is 5.36. The molecule has 0 aliphatic carbocycles. The number of fused-ring (bicyclic) bond motifs is 1. The zero-order valence-electron chi connectivity index (χ0n) is 12.3. The van der Waals surface area contributed by atoms with Crippen molar-refractivity contribution in [2.75, 3.05) is 0 Å². The number of carboxylic acids is 1. The van der Waals surface area contributed by atoms with Gasteiger partial charge in [0.25, 0.3) is 5.56 Å². The number of carbonyl (C=O) groups is 1. The molecule has 0 saturated heterocycles. The van der Waals surface area contributed by atoms with Gasteiger partial charge in [-0.1, -0.05) is 0 Å². The molecule has 9 heteroatoms. The average Bonchev–Trinajstić information content (AvgIpc) is 3.02. The number of hydrogen-bond acceptors (Lipinski definition) is 5. The van der Waals surface area contributed by atoms with E-state index in [0.717, 1.165) is 4.57 Å². The fourth-order valence-electron chi connectivity index (χ4n) is 1.87. The zero-order chi connectivity index (χ0) is 17.1. The van der Waals surface area contributed by atoms with Gasteiger partial charge in [0, 0.05) is 14.1 Å². The number of aryl methyl sites for hydroxylation is 1. The molecular formula is C14H14N4O5. The van der Waals surface area contributed by atoms with Crippen molar-refractivity contribution in [2.45, 2.75) is 0 Å². The van der Waals surface area contributed by atoms with Gasteiger partial charge >= 0.3 is 11.7 Å². The van der Waals surface area contributed by atoms with Gasteiger partial charge in [-0.25, -0.2) is 14.6 Å². The Hall–Kier alpha value is -3.36. The Kier molecular flexibility index (Phi) is 4.30. The topological polar surface area (TPSA) is 130 Å². The van der Waals surface area contributed by atoms with Crippen LogP contribution in [0.4, 0.5) is 0 Å². The minimum atomic E-state index is -0.986. The van der Waals surface area contributed by atoms with E-state index in [9.17, 15) is 14.4 Å². The monoisotopic (exact) mass is 318 g/mol. The number of aromatic amines is 1. The molecule has 0 saturated carbocycles. The molecule has 0 unspecified atom stereocenters. The third kappa shape index (κ3) is 3.12. The molecule has 23 heavy (non-hydrogen) atoms. The van der Waals surface area contributed by atoms with E-state index < -0.39 is 5.97 Å². The van der Waals surface area contributed by atoms with Crippen molar-refractivity contribution in [3.63, 3.8) is 0 Å². The lowest BCUT2D eigenvalue weighted by atomic mass is 10.2. The summed E-state index contributed by atoms with van der Waals surface area (Å²) in [7, 11) is 3.01. The van der Waals surface area contributed by atoms with E-state index in [4.69, 9.17) is 10.2 Å². The molecule has 9 nitrogen and oxygen atoms in total. The van der Waals surface area contributed by atoms with Crippen LogP contribution in [0.25, 0.3) is 11.2 Å². The molecule has 0 fully saturated rings. The number of rotatable bonds is 1. The maximum Gasteiger partial charge on any atom is 0.335 e. The van der Waals surface area contributed by atoms with Crippen LogP contribution in [0.2, 0.25) is 0 Å². The maximum absolute atomic E-state index is 11.4. The van der Waals surface area contributed by atoms with Crippen molar-refractivity contribution < 1.29 is 15.0 Å². The van der Waals surface area contributed by atoms with E-state index in [1.165, 1.54) is 42.2 Å². The Balaban J connectivity index is 0.000000174. The third-order valence-electron chi connectivity index (χ3n) is 3.14. The Morgan fingerprint density at radius 1 is 1.13 bits per heavy atom. The number of phenols is 1. The number of phenolic OH excluding ortho intramolecular Hbond substituents is 1. The van der Waals surface area contributed by atoms with Gasteiger partial charge in [0.15, 0.2) is 5.65 Å². The van der Waals surface area contributed by atoms with Gasteiger partial charge in [-0.05, 0) is 24.3 Å². The van der Waals surface area contributed by atoms with Crippen LogP contribution in [0.1, 0.15) is 10.4 Å². The van der Waals surface area contributed by atoms with Gasteiger partial charge in [0.2, 0.25) is 0 Å². The first-order chi connectivity index (χ1) is 10.8. The van der Waals surface area contributed by atoms with Crippen molar-refractivity contribution in [1.82, 2.24) is 19.1 Å². The second-order valence-electron chi connectivity index (χ2n) is 4.66.